The van der Waals surface area contributed by atoms with Crippen molar-refractivity contribution in [3.05, 3.63) is 118 Å². The smallest absolute Gasteiger partial charge is 0.392 e. The molecule has 8 nitrogen and oxygen atoms in total. The van der Waals surface area contributed by atoms with Gasteiger partial charge in [-0.1, -0.05) is 12.1 Å². The van der Waals surface area contributed by atoms with Gasteiger partial charge in [-0.25, -0.2) is 9.59 Å². The fraction of sp³-hybridized carbons (Fsp3) is 0.429. The van der Waals surface area contributed by atoms with Crippen LogP contribution in [0.3, 0.4) is 0 Å². The molecule has 0 radical (unpaired) electrons. The van der Waals surface area contributed by atoms with Gasteiger partial charge in [0.1, 0.15) is 11.5 Å². The van der Waals surface area contributed by atoms with Crippen LogP contribution in [0.4, 0.5) is 26.3 Å². The molecule has 0 fully saturated rings. The number of nitrogens with zero attached hydrogens (tertiary/aromatic N) is 2. The third-order valence-corrected chi connectivity index (χ3v) is 10.2. The Morgan fingerprint density at radius 1 is 0.643 bits per heavy atom. The minimum atomic E-state index is -4.22. The average Bonchev–Trinajstić information content (AvgIpc) is 3.15. The van der Waals surface area contributed by atoms with E-state index in [0.717, 1.165) is 62.5 Å². The first-order valence-corrected chi connectivity index (χ1v) is 18.6. The predicted molar refractivity (Wildman–Crippen MR) is 196 cm³/mol. The second-order valence-electron chi connectivity index (χ2n) is 14.1. The molecule has 0 unspecified atom stereocenters. The molecule has 0 saturated carbocycles. The number of carboxylic acid groups (broad SMARTS) is 2. The lowest BCUT2D eigenvalue weighted by molar-refractivity contribution is -0.140. The maximum absolute atomic E-state index is 12.3. The first-order chi connectivity index (χ1) is 26.7. The zero-order chi connectivity index (χ0) is 40.3. The molecule has 56 heavy (non-hydrogen) atoms. The Balaban J connectivity index is 0.000000214. The maximum Gasteiger partial charge on any atom is 0.392 e. The molecule has 14 heteroatoms. The van der Waals surface area contributed by atoms with Gasteiger partial charge in [-0.3, -0.25) is 9.97 Å². The molecule has 2 aliphatic carbocycles. The Bertz CT molecular complexity index is 1810. The van der Waals surface area contributed by atoms with Gasteiger partial charge in [-0.05, 0) is 146 Å². The van der Waals surface area contributed by atoms with Crippen molar-refractivity contribution in [2.24, 2.45) is 0 Å². The van der Waals surface area contributed by atoms with Gasteiger partial charge >= 0.3 is 24.3 Å². The lowest BCUT2D eigenvalue weighted by Gasteiger charge is -2.26. The topological polar surface area (TPSA) is 119 Å². The van der Waals surface area contributed by atoms with Crippen molar-refractivity contribution in [2.45, 2.75) is 101 Å². The van der Waals surface area contributed by atoms with Crippen LogP contribution in [0.1, 0.15) is 117 Å². The highest BCUT2D eigenvalue weighted by Gasteiger charge is 2.28. The number of rotatable bonds is 14. The molecular weight excluding hydrogens is 742 g/mol. The van der Waals surface area contributed by atoms with Crippen molar-refractivity contribution < 1.29 is 55.6 Å². The summed E-state index contributed by atoms with van der Waals surface area (Å²) in [5.41, 5.74) is 6.54. The van der Waals surface area contributed by atoms with Crippen molar-refractivity contribution >= 4 is 11.9 Å². The number of carboxylic acids is 2. The zero-order valence-electron chi connectivity index (χ0n) is 30.7. The molecule has 2 N–H and O–H groups in total. The van der Waals surface area contributed by atoms with Crippen LogP contribution < -0.4 is 9.47 Å². The van der Waals surface area contributed by atoms with Crippen molar-refractivity contribution in [2.75, 3.05) is 13.2 Å². The van der Waals surface area contributed by atoms with Crippen LogP contribution >= 0.6 is 0 Å². The van der Waals surface area contributed by atoms with Gasteiger partial charge in [0.15, 0.2) is 0 Å². The number of fused-ring (bicyclic) bond motifs is 2. The molecule has 6 rings (SSSR count). The number of benzene rings is 2. The molecule has 2 aromatic carbocycles. The number of hydrogen-bond acceptors (Lipinski definition) is 6. The summed E-state index contributed by atoms with van der Waals surface area (Å²) in [6.45, 7) is -0.768. The van der Waals surface area contributed by atoms with E-state index >= 15 is 0 Å². The Morgan fingerprint density at radius 2 is 1.05 bits per heavy atom. The second kappa shape index (κ2) is 19.1. The second-order valence-corrected chi connectivity index (χ2v) is 14.1. The van der Waals surface area contributed by atoms with E-state index in [1.54, 1.807) is 24.5 Å². The van der Waals surface area contributed by atoms with Gasteiger partial charge in [0.25, 0.3) is 0 Å². The monoisotopic (exact) mass is 786 g/mol. The summed E-state index contributed by atoms with van der Waals surface area (Å²) in [6, 6.07) is 14.0. The molecular formula is C42H44F6N2O6. The third-order valence-electron chi connectivity index (χ3n) is 10.2. The molecule has 2 heterocycles. The van der Waals surface area contributed by atoms with Gasteiger partial charge in [-0.15, -0.1) is 0 Å². The van der Waals surface area contributed by atoms with Crippen molar-refractivity contribution in [3.63, 3.8) is 0 Å². The Labute approximate surface area is 320 Å². The van der Waals surface area contributed by atoms with E-state index in [1.165, 1.54) is 35.7 Å². The first kappa shape index (κ1) is 42.0. The minimum Gasteiger partial charge on any atom is -0.493 e. The Morgan fingerprint density at radius 3 is 1.43 bits per heavy atom. The molecule has 0 aliphatic heterocycles. The zero-order valence-corrected chi connectivity index (χ0v) is 30.7. The van der Waals surface area contributed by atoms with Crippen LogP contribution in [0.2, 0.25) is 0 Å². The van der Waals surface area contributed by atoms with E-state index in [9.17, 15) is 46.1 Å². The average molecular weight is 787 g/mol. The number of alkyl halides is 6. The number of ether oxygens (including phenoxy) is 2. The number of aryl methyl sites for hydroxylation is 4. The summed E-state index contributed by atoms with van der Waals surface area (Å²) in [5, 5.41) is 18.6. The number of carbonyl (C=O) groups is 2. The molecule has 2 aliphatic rings. The number of pyridine rings is 2. The van der Waals surface area contributed by atoms with Crippen molar-refractivity contribution in [1.82, 2.24) is 9.97 Å². The van der Waals surface area contributed by atoms with E-state index in [-0.39, 0.29) is 36.2 Å². The third kappa shape index (κ3) is 12.4. The summed E-state index contributed by atoms with van der Waals surface area (Å²) in [7, 11) is 0. The van der Waals surface area contributed by atoms with Gasteiger partial charge in [0.05, 0.1) is 37.2 Å². The van der Waals surface area contributed by atoms with Crippen LogP contribution in [0.15, 0.2) is 73.3 Å². The van der Waals surface area contributed by atoms with Gasteiger partial charge < -0.3 is 19.7 Å². The largest absolute Gasteiger partial charge is 0.493 e. The quantitative estimate of drug-likeness (QED) is 0.121. The lowest BCUT2D eigenvalue weighted by atomic mass is 9.79. The fourth-order valence-electron chi connectivity index (χ4n) is 7.46. The van der Waals surface area contributed by atoms with E-state index in [4.69, 9.17) is 9.47 Å². The highest BCUT2D eigenvalue weighted by molar-refractivity contribution is 5.89. The van der Waals surface area contributed by atoms with Crippen LogP contribution in [0.5, 0.6) is 11.5 Å². The van der Waals surface area contributed by atoms with E-state index in [0.29, 0.717) is 35.5 Å². The van der Waals surface area contributed by atoms with E-state index in [2.05, 4.69) is 9.97 Å². The van der Waals surface area contributed by atoms with Crippen LogP contribution in [0, 0.1) is 0 Å². The first-order valence-electron chi connectivity index (χ1n) is 18.6. The standard InChI is InChI=1S/2C21H22F3NO3/c2*22-21(23,24)9-11-28-17-6-7-18-14(2-1-3-15(18)12-17)4-5-16-13-25-10-8-19(16)20(26)27/h2*6-8,10,12-14H,1-5,9,11H2,(H,26,27)/t2*14-/m10/s1. The molecule has 2 atom stereocenters. The van der Waals surface area contributed by atoms with E-state index in [1.807, 2.05) is 24.3 Å². The van der Waals surface area contributed by atoms with Crippen LogP contribution in [-0.2, 0) is 25.7 Å². The van der Waals surface area contributed by atoms with Crippen molar-refractivity contribution in [3.8, 4) is 11.5 Å². The molecule has 4 aromatic rings. The number of aromatic nitrogens is 2. The number of halogens is 6. The fourth-order valence-corrected chi connectivity index (χ4v) is 7.46. The SMILES string of the molecule is O=C(O)c1ccncc1CC[C@@H]1CCCc2cc(OCCC(F)(F)F)ccc21.O=C(O)c1ccncc1CC[C@H]1CCCc2cc(OCCC(F)(F)F)ccc21. The molecule has 0 saturated heterocycles. The molecule has 300 valence electrons. The summed E-state index contributed by atoms with van der Waals surface area (Å²) < 4.78 is 84.1. The summed E-state index contributed by atoms with van der Waals surface area (Å²) in [6.07, 6.45) is 4.33. The van der Waals surface area contributed by atoms with Crippen molar-refractivity contribution in [1.29, 1.82) is 0 Å². The van der Waals surface area contributed by atoms with Gasteiger partial charge in [-0.2, -0.15) is 26.3 Å². The van der Waals surface area contributed by atoms with Gasteiger partial charge in [0, 0.05) is 24.8 Å². The number of aromatic carboxylic acids is 2. The summed E-state index contributed by atoms with van der Waals surface area (Å²) >= 11 is 0. The highest BCUT2D eigenvalue weighted by atomic mass is 19.4. The normalized spacial score (nSPS) is 16.5. The highest BCUT2D eigenvalue weighted by Crippen LogP contribution is 2.38. The lowest BCUT2D eigenvalue weighted by Crippen LogP contribution is -2.14. The number of hydrogen-bond donors (Lipinski definition) is 2. The van der Waals surface area contributed by atoms with Crippen LogP contribution in [0.25, 0.3) is 0 Å². The Hall–Kier alpha value is -5.14. The Kier molecular flexibility index (Phi) is 14.4. The summed E-state index contributed by atoms with van der Waals surface area (Å²) in [5.74, 6) is -0.415. The summed E-state index contributed by atoms with van der Waals surface area (Å²) in [4.78, 5) is 30.8. The maximum atomic E-state index is 12.3. The predicted octanol–water partition coefficient (Wildman–Crippen LogP) is 10.3. The van der Waals surface area contributed by atoms with Gasteiger partial charge in [0.2, 0.25) is 0 Å². The van der Waals surface area contributed by atoms with Crippen LogP contribution in [-0.4, -0.2) is 57.7 Å². The molecule has 0 bridgehead atoms. The van der Waals surface area contributed by atoms with E-state index < -0.39 is 37.1 Å². The molecule has 2 aromatic heterocycles. The molecule has 0 spiro atoms. The molecule has 0 amide bonds. The minimum absolute atomic E-state index is 0.277.